The Labute approximate surface area is 211 Å². The van der Waals surface area contributed by atoms with E-state index in [2.05, 4.69) is 16.4 Å². The van der Waals surface area contributed by atoms with Crippen LogP contribution in [-0.4, -0.2) is 15.9 Å². The highest BCUT2D eigenvalue weighted by atomic mass is 35.5. The number of benzene rings is 3. The Bertz CT molecular complexity index is 1560. The van der Waals surface area contributed by atoms with Crippen LogP contribution in [0.5, 0.6) is 0 Å². The minimum Gasteiger partial charge on any atom is -0.353 e. The van der Waals surface area contributed by atoms with E-state index in [4.69, 9.17) is 39.8 Å². The molecule has 2 aromatic heterocycles. The summed E-state index contributed by atoms with van der Waals surface area (Å²) in [6, 6.07) is 22.9. The molecule has 168 valence electrons. The monoisotopic (exact) mass is 505 g/mol. The summed E-state index contributed by atoms with van der Waals surface area (Å²) < 4.78 is 0. The van der Waals surface area contributed by atoms with E-state index in [0.29, 0.717) is 15.1 Å². The van der Waals surface area contributed by atoms with Crippen LogP contribution in [0, 0.1) is 0 Å². The fourth-order valence-corrected chi connectivity index (χ4v) is 4.26. The molecule has 0 spiro atoms. The Morgan fingerprint density at radius 2 is 1.71 bits per heavy atom. The highest BCUT2D eigenvalue weighted by Gasteiger charge is 2.14. The van der Waals surface area contributed by atoms with Gasteiger partial charge >= 0.3 is 0 Å². The average molecular weight is 507 g/mol. The largest absolute Gasteiger partial charge is 0.353 e. The van der Waals surface area contributed by atoms with Crippen molar-refractivity contribution in [2.75, 3.05) is 0 Å². The van der Waals surface area contributed by atoms with Gasteiger partial charge in [0, 0.05) is 33.0 Å². The molecular formula is C27H18Cl3N3O. The summed E-state index contributed by atoms with van der Waals surface area (Å²) in [4.78, 5) is 20.8. The first-order valence-corrected chi connectivity index (χ1v) is 11.7. The summed E-state index contributed by atoms with van der Waals surface area (Å²) in [5, 5.41) is 6.63. The molecule has 3 aromatic carbocycles. The Morgan fingerprint density at radius 1 is 0.912 bits per heavy atom. The third-order valence-electron chi connectivity index (χ3n) is 5.48. The van der Waals surface area contributed by atoms with E-state index in [-0.39, 0.29) is 12.5 Å². The summed E-state index contributed by atoms with van der Waals surface area (Å²) >= 11 is 18.1. The Morgan fingerprint density at radius 3 is 2.50 bits per heavy atom. The number of carbonyl (C=O) groups excluding carboxylic acids is 1. The highest BCUT2D eigenvalue weighted by molar-refractivity contribution is 6.42. The Balaban J connectivity index is 1.45. The molecule has 2 N–H and O–H groups in total. The van der Waals surface area contributed by atoms with Gasteiger partial charge < -0.3 is 10.3 Å². The molecular weight excluding hydrogens is 489 g/mol. The van der Waals surface area contributed by atoms with Crippen molar-refractivity contribution < 1.29 is 4.79 Å². The average Bonchev–Trinajstić information content (AvgIpc) is 3.22. The number of hydrogen-bond acceptors (Lipinski definition) is 2. The number of hydrogen-bond donors (Lipinski definition) is 2. The second-order valence-electron chi connectivity index (χ2n) is 7.79. The van der Waals surface area contributed by atoms with Gasteiger partial charge in [0.15, 0.2) is 0 Å². The molecule has 4 nitrogen and oxygen atoms in total. The number of amides is 1. The van der Waals surface area contributed by atoms with Gasteiger partial charge in [-0.05, 0) is 48.0 Å². The van der Waals surface area contributed by atoms with Gasteiger partial charge in [0.2, 0.25) is 5.91 Å². The van der Waals surface area contributed by atoms with Crippen LogP contribution in [-0.2, 0) is 11.3 Å². The highest BCUT2D eigenvalue weighted by Crippen LogP contribution is 2.33. The Kier molecular flexibility index (Phi) is 6.29. The fraction of sp³-hybridized carbons (Fsp3) is 0.0370. The maximum Gasteiger partial charge on any atom is 0.244 e. The van der Waals surface area contributed by atoms with Crippen LogP contribution in [0.3, 0.4) is 0 Å². The van der Waals surface area contributed by atoms with E-state index in [1.807, 2.05) is 48.5 Å². The maximum absolute atomic E-state index is 12.5. The van der Waals surface area contributed by atoms with Crippen LogP contribution >= 0.6 is 34.8 Å². The maximum atomic E-state index is 12.5. The van der Waals surface area contributed by atoms with Gasteiger partial charge in [0.05, 0.1) is 33.5 Å². The molecule has 0 aliphatic carbocycles. The number of para-hydroxylation sites is 1. The molecule has 0 saturated heterocycles. The number of nitrogens with one attached hydrogen (secondary N) is 2. The van der Waals surface area contributed by atoms with Crippen LogP contribution in [0.1, 0.15) is 11.3 Å². The minimum atomic E-state index is -0.236. The molecule has 5 rings (SSSR count). The number of nitrogens with zero attached hydrogens (tertiary/aromatic N) is 1. The predicted octanol–water partition coefficient (Wildman–Crippen LogP) is 7.67. The van der Waals surface area contributed by atoms with E-state index >= 15 is 0 Å². The zero-order chi connectivity index (χ0) is 23.7. The number of fused-ring (bicyclic) bond motifs is 3. The van der Waals surface area contributed by atoms with Crippen molar-refractivity contribution in [3.8, 4) is 11.3 Å². The lowest BCUT2D eigenvalue weighted by atomic mass is 10.1. The number of aromatic amines is 1. The van der Waals surface area contributed by atoms with E-state index in [0.717, 1.165) is 44.3 Å². The van der Waals surface area contributed by atoms with Crippen molar-refractivity contribution in [1.29, 1.82) is 0 Å². The molecule has 34 heavy (non-hydrogen) atoms. The van der Waals surface area contributed by atoms with E-state index < -0.39 is 0 Å². The summed E-state index contributed by atoms with van der Waals surface area (Å²) in [5.41, 5.74) is 5.25. The van der Waals surface area contributed by atoms with Crippen LogP contribution in [0.2, 0.25) is 15.1 Å². The number of halogens is 3. The SMILES string of the molecule is O=C(/C=C/c1ccc(Cl)c(Cl)c1)NCc1cc2c([nH]c3ccccc32)c(-c2ccc(Cl)cc2)n1. The number of pyridine rings is 1. The molecule has 0 saturated carbocycles. The van der Waals surface area contributed by atoms with Crippen molar-refractivity contribution >= 4 is 68.6 Å². The third-order valence-corrected chi connectivity index (χ3v) is 6.47. The van der Waals surface area contributed by atoms with Crippen LogP contribution < -0.4 is 5.32 Å². The molecule has 0 aliphatic rings. The van der Waals surface area contributed by atoms with Gasteiger partial charge in [-0.15, -0.1) is 0 Å². The summed E-state index contributed by atoms with van der Waals surface area (Å²) in [7, 11) is 0. The van der Waals surface area contributed by atoms with Gasteiger partial charge in [-0.25, -0.2) is 4.98 Å². The van der Waals surface area contributed by atoms with Crippen LogP contribution in [0.15, 0.2) is 78.9 Å². The lowest BCUT2D eigenvalue weighted by molar-refractivity contribution is -0.116. The second-order valence-corrected chi connectivity index (χ2v) is 9.04. The zero-order valence-electron chi connectivity index (χ0n) is 17.8. The summed E-state index contributed by atoms with van der Waals surface area (Å²) in [5.74, 6) is -0.236. The predicted molar refractivity (Wildman–Crippen MR) is 141 cm³/mol. The molecule has 0 radical (unpaired) electrons. The number of aromatic nitrogens is 2. The van der Waals surface area contributed by atoms with Crippen molar-refractivity contribution in [2.45, 2.75) is 6.54 Å². The molecule has 0 aliphatic heterocycles. The normalized spacial score (nSPS) is 11.5. The fourth-order valence-electron chi connectivity index (χ4n) is 3.83. The standard InChI is InChI=1S/C27H18Cl3N3O/c28-18-9-7-17(8-10-18)26-27-21(20-3-1-2-4-24(20)33-27)14-19(32-26)15-31-25(34)12-6-16-5-11-22(29)23(30)13-16/h1-14,33H,15H2,(H,31,34)/b12-6+. The van der Waals surface area contributed by atoms with Crippen molar-refractivity contribution in [2.24, 2.45) is 0 Å². The lowest BCUT2D eigenvalue weighted by Gasteiger charge is -2.08. The van der Waals surface area contributed by atoms with Crippen molar-refractivity contribution in [1.82, 2.24) is 15.3 Å². The first kappa shape index (κ1) is 22.5. The van der Waals surface area contributed by atoms with E-state index in [1.54, 1.807) is 24.3 Å². The smallest absolute Gasteiger partial charge is 0.244 e. The van der Waals surface area contributed by atoms with Crippen molar-refractivity contribution in [3.63, 3.8) is 0 Å². The second kappa shape index (κ2) is 9.51. The van der Waals surface area contributed by atoms with Gasteiger partial charge in [-0.2, -0.15) is 0 Å². The quantitative estimate of drug-likeness (QED) is 0.240. The van der Waals surface area contributed by atoms with Gasteiger partial charge in [0.25, 0.3) is 0 Å². The molecule has 0 bridgehead atoms. The van der Waals surface area contributed by atoms with Crippen LogP contribution in [0.4, 0.5) is 0 Å². The molecule has 0 fully saturated rings. The first-order chi connectivity index (χ1) is 16.5. The van der Waals surface area contributed by atoms with E-state index in [1.165, 1.54) is 6.08 Å². The number of H-pyrrole nitrogens is 1. The summed E-state index contributed by atoms with van der Waals surface area (Å²) in [6.45, 7) is 0.278. The topological polar surface area (TPSA) is 57.8 Å². The first-order valence-electron chi connectivity index (χ1n) is 10.6. The van der Waals surface area contributed by atoms with Crippen molar-refractivity contribution in [3.05, 3.63) is 105 Å². The minimum absolute atomic E-state index is 0.236. The van der Waals surface area contributed by atoms with Crippen LogP contribution in [0.25, 0.3) is 39.1 Å². The molecule has 0 unspecified atom stereocenters. The molecule has 0 atom stereocenters. The Hall–Kier alpha value is -3.31. The summed E-state index contributed by atoms with van der Waals surface area (Å²) in [6.07, 6.45) is 3.15. The van der Waals surface area contributed by atoms with Gasteiger partial charge in [0.1, 0.15) is 0 Å². The van der Waals surface area contributed by atoms with E-state index in [9.17, 15) is 4.79 Å². The molecule has 2 heterocycles. The number of rotatable bonds is 5. The third kappa shape index (κ3) is 4.66. The lowest BCUT2D eigenvalue weighted by Crippen LogP contribution is -2.21. The van der Waals surface area contributed by atoms with Gasteiger partial charge in [-0.3, -0.25) is 4.79 Å². The zero-order valence-corrected chi connectivity index (χ0v) is 20.0. The molecule has 7 heteroatoms. The molecule has 5 aromatic rings. The van der Waals surface area contributed by atoms with Gasteiger partial charge in [-0.1, -0.05) is 71.2 Å². The molecule has 1 amide bonds. The number of carbonyl (C=O) groups is 1.